The minimum absolute atomic E-state index is 0.0662. The van der Waals surface area contributed by atoms with E-state index < -0.39 is 17.9 Å². The van der Waals surface area contributed by atoms with E-state index >= 15 is 4.39 Å². The van der Waals surface area contributed by atoms with E-state index in [2.05, 4.69) is 6.07 Å². The van der Waals surface area contributed by atoms with Crippen molar-refractivity contribution >= 4 is 12.0 Å². The lowest BCUT2D eigenvalue weighted by Gasteiger charge is -2.31. The third-order valence-electron chi connectivity index (χ3n) is 7.36. The Kier molecular flexibility index (Phi) is 9.41. The first kappa shape index (κ1) is 28.4. The van der Waals surface area contributed by atoms with E-state index in [1.807, 2.05) is 44.2 Å². The highest BCUT2D eigenvalue weighted by Crippen LogP contribution is 2.28. The summed E-state index contributed by atoms with van der Waals surface area (Å²) in [7, 11) is 0. The number of likely N-dealkylation sites (tertiary alicyclic amines) is 2. The molecule has 2 N–H and O–H groups in total. The predicted octanol–water partition coefficient (Wildman–Crippen LogP) is 4.51. The summed E-state index contributed by atoms with van der Waals surface area (Å²) in [6.07, 6.45) is 2.79. The summed E-state index contributed by atoms with van der Waals surface area (Å²) in [5, 5.41) is 9.24. The zero-order valence-electron chi connectivity index (χ0n) is 22.6. The van der Waals surface area contributed by atoms with Gasteiger partial charge in [0.25, 0.3) is 0 Å². The van der Waals surface area contributed by atoms with Crippen LogP contribution in [0.1, 0.15) is 45.1 Å². The second-order valence-electron chi connectivity index (χ2n) is 10.6. The Morgan fingerprint density at radius 1 is 1.10 bits per heavy atom. The van der Waals surface area contributed by atoms with Crippen LogP contribution in [0.4, 0.5) is 9.18 Å². The van der Waals surface area contributed by atoms with Crippen molar-refractivity contribution < 1.29 is 23.5 Å². The number of carbonyl (C=O) groups is 2. The summed E-state index contributed by atoms with van der Waals surface area (Å²) in [4.78, 5) is 28.0. The molecule has 9 heteroatoms. The number of rotatable bonds is 8. The molecule has 2 aliphatic heterocycles. The van der Waals surface area contributed by atoms with Gasteiger partial charge in [0.05, 0.1) is 24.8 Å². The first-order valence-electron chi connectivity index (χ1n) is 13.7. The van der Waals surface area contributed by atoms with Gasteiger partial charge in [-0.1, -0.05) is 24.3 Å². The molecule has 2 amide bonds. The molecule has 208 valence electrons. The number of ether oxygens (including phenoxy) is 2. The van der Waals surface area contributed by atoms with Gasteiger partial charge in [0.15, 0.2) is 0 Å². The number of carbonyl (C=O) groups excluding carboxylic acids is 2. The molecule has 8 nitrogen and oxygen atoms in total. The van der Waals surface area contributed by atoms with E-state index in [1.54, 1.807) is 11.0 Å². The van der Waals surface area contributed by atoms with Gasteiger partial charge in [-0.3, -0.25) is 4.79 Å². The molecule has 0 bridgehead atoms. The molecule has 0 spiro atoms. The van der Waals surface area contributed by atoms with Gasteiger partial charge in [0.1, 0.15) is 17.6 Å². The zero-order valence-corrected chi connectivity index (χ0v) is 22.6. The van der Waals surface area contributed by atoms with E-state index in [0.29, 0.717) is 55.5 Å². The third-order valence-corrected chi connectivity index (χ3v) is 7.36. The fourth-order valence-corrected chi connectivity index (χ4v) is 5.13. The minimum Gasteiger partial charge on any atom is -0.493 e. The van der Waals surface area contributed by atoms with Gasteiger partial charge in [-0.25, -0.2) is 9.18 Å². The number of piperidine rings is 1. The summed E-state index contributed by atoms with van der Waals surface area (Å²) in [6, 6.07) is 13.2. The largest absolute Gasteiger partial charge is 0.493 e. The van der Waals surface area contributed by atoms with Crippen LogP contribution in [0.15, 0.2) is 42.5 Å². The average Bonchev–Trinajstić information content (AvgIpc) is 3.41. The van der Waals surface area contributed by atoms with E-state index in [9.17, 15) is 14.9 Å². The maximum Gasteiger partial charge on any atom is 0.410 e. The monoisotopic (exact) mass is 536 g/mol. The highest BCUT2D eigenvalue weighted by Gasteiger charge is 2.32. The van der Waals surface area contributed by atoms with Crippen molar-refractivity contribution in [2.45, 2.75) is 64.1 Å². The van der Waals surface area contributed by atoms with Crippen molar-refractivity contribution in [2.24, 2.45) is 11.7 Å². The topological polar surface area (TPSA) is 109 Å². The van der Waals surface area contributed by atoms with E-state index in [4.69, 9.17) is 15.2 Å². The Hall–Kier alpha value is -3.64. The Labute approximate surface area is 229 Å². The van der Waals surface area contributed by atoms with Gasteiger partial charge >= 0.3 is 6.09 Å². The van der Waals surface area contributed by atoms with Crippen LogP contribution in [0.2, 0.25) is 0 Å². The first-order valence-corrected chi connectivity index (χ1v) is 13.7. The summed E-state index contributed by atoms with van der Waals surface area (Å²) >= 11 is 0. The van der Waals surface area contributed by atoms with Gasteiger partial charge in [0, 0.05) is 19.6 Å². The molecule has 4 rings (SSSR count). The molecule has 39 heavy (non-hydrogen) atoms. The molecule has 2 atom stereocenters. The molecule has 0 unspecified atom stereocenters. The number of nitriles is 1. The summed E-state index contributed by atoms with van der Waals surface area (Å²) in [5.74, 6) is 0.296. The van der Waals surface area contributed by atoms with Crippen LogP contribution in [0.5, 0.6) is 5.75 Å². The third kappa shape index (κ3) is 7.27. The molecule has 2 aliphatic rings. The highest BCUT2D eigenvalue weighted by atomic mass is 19.1. The van der Waals surface area contributed by atoms with Gasteiger partial charge in [-0.2, -0.15) is 5.26 Å². The maximum atomic E-state index is 15.0. The number of nitrogens with zero attached hydrogens (tertiary/aromatic N) is 3. The average molecular weight is 537 g/mol. The zero-order chi connectivity index (χ0) is 27.9. The first-order chi connectivity index (χ1) is 18.7. The second kappa shape index (κ2) is 12.9. The van der Waals surface area contributed by atoms with E-state index in [1.165, 1.54) is 11.0 Å². The lowest BCUT2D eigenvalue weighted by molar-refractivity contribution is -0.132. The van der Waals surface area contributed by atoms with Crippen molar-refractivity contribution in [3.63, 3.8) is 0 Å². The fraction of sp³-hybridized carbons (Fsp3) is 0.500. The summed E-state index contributed by atoms with van der Waals surface area (Å²) in [6.45, 7) is 6.04. The quantitative estimate of drug-likeness (QED) is 0.532. The Balaban J connectivity index is 1.31. The standard InChI is InChI=1S/C30H37FN4O4/c1-20(2)39-30(37)34-13-10-21(11-14-34)19-38-26-7-3-5-22(15-26)23-8-9-24(27(31)16-23)17-28(33)29(36)35-12-4-6-25(35)18-32/h3,5,7-9,15-16,20-21,25,28H,4,6,10-14,17,19,33H2,1-2H3/t25-,28-/m0/s1. The van der Waals surface area contributed by atoms with Crippen molar-refractivity contribution in [3.8, 4) is 22.9 Å². The van der Waals surface area contributed by atoms with Crippen LogP contribution < -0.4 is 10.5 Å². The Morgan fingerprint density at radius 3 is 2.54 bits per heavy atom. The van der Waals surface area contributed by atoms with Crippen LogP contribution in [0.25, 0.3) is 11.1 Å². The highest BCUT2D eigenvalue weighted by molar-refractivity contribution is 5.83. The number of hydrogen-bond acceptors (Lipinski definition) is 6. The van der Waals surface area contributed by atoms with Crippen molar-refractivity contribution in [3.05, 3.63) is 53.8 Å². The summed E-state index contributed by atoms with van der Waals surface area (Å²) < 4.78 is 26.4. The fourth-order valence-electron chi connectivity index (χ4n) is 5.13. The van der Waals surface area contributed by atoms with E-state index in [-0.39, 0.29) is 24.5 Å². The molecule has 2 fully saturated rings. The van der Waals surface area contributed by atoms with Crippen molar-refractivity contribution in [1.82, 2.24) is 9.80 Å². The van der Waals surface area contributed by atoms with Gasteiger partial charge < -0.3 is 25.0 Å². The number of amides is 2. The smallest absolute Gasteiger partial charge is 0.410 e. The van der Waals surface area contributed by atoms with Gasteiger partial charge in [0.2, 0.25) is 5.91 Å². The number of halogens is 1. The Morgan fingerprint density at radius 2 is 1.85 bits per heavy atom. The lowest BCUT2D eigenvalue weighted by atomic mass is 9.98. The predicted molar refractivity (Wildman–Crippen MR) is 145 cm³/mol. The van der Waals surface area contributed by atoms with Gasteiger partial charge in [-0.05, 0) is 86.8 Å². The van der Waals surface area contributed by atoms with Crippen molar-refractivity contribution in [2.75, 3.05) is 26.2 Å². The number of hydrogen-bond donors (Lipinski definition) is 1. The molecule has 2 saturated heterocycles. The van der Waals surface area contributed by atoms with E-state index in [0.717, 1.165) is 24.8 Å². The summed E-state index contributed by atoms with van der Waals surface area (Å²) in [5.41, 5.74) is 7.99. The number of benzene rings is 2. The molecule has 0 aliphatic carbocycles. The molecular weight excluding hydrogens is 499 g/mol. The molecular formula is C30H37FN4O4. The Bertz CT molecular complexity index is 1210. The SMILES string of the molecule is CC(C)OC(=O)N1CCC(COc2cccc(-c3ccc(C[C@H](N)C(=O)N4CCC[C@H]4C#N)c(F)c3)c2)CC1. The van der Waals surface area contributed by atoms with Crippen LogP contribution >= 0.6 is 0 Å². The molecule has 2 heterocycles. The molecule has 0 saturated carbocycles. The lowest BCUT2D eigenvalue weighted by Crippen LogP contribution is -2.46. The van der Waals surface area contributed by atoms with Crippen molar-refractivity contribution in [1.29, 1.82) is 5.26 Å². The number of nitrogens with two attached hydrogens (primary N) is 1. The van der Waals surface area contributed by atoms with Crippen LogP contribution in [0.3, 0.4) is 0 Å². The van der Waals surface area contributed by atoms with Gasteiger partial charge in [-0.15, -0.1) is 0 Å². The van der Waals surface area contributed by atoms with Crippen LogP contribution in [-0.2, 0) is 16.0 Å². The molecule has 2 aromatic carbocycles. The second-order valence-corrected chi connectivity index (χ2v) is 10.6. The normalized spacial score (nSPS) is 18.6. The molecule has 0 aromatic heterocycles. The minimum atomic E-state index is -0.899. The maximum absolute atomic E-state index is 15.0. The molecule has 0 radical (unpaired) electrons. The van der Waals surface area contributed by atoms with Crippen LogP contribution in [-0.4, -0.2) is 66.2 Å². The molecule has 2 aromatic rings. The van der Waals surface area contributed by atoms with Crippen LogP contribution in [0, 0.1) is 23.1 Å².